The predicted octanol–water partition coefficient (Wildman–Crippen LogP) is 2.11. The summed E-state index contributed by atoms with van der Waals surface area (Å²) in [5.41, 5.74) is 1.36. The molecule has 2 rings (SSSR count). The normalized spacial score (nSPS) is 12.0. The lowest BCUT2D eigenvalue weighted by atomic mass is 10.1. The lowest BCUT2D eigenvalue weighted by Gasteiger charge is -2.17. The molecule has 0 saturated carbocycles. The first kappa shape index (κ1) is 15.1. The molecule has 1 amide bonds. The Balaban J connectivity index is 2.02. The van der Waals surface area contributed by atoms with Crippen molar-refractivity contribution in [3.05, 3.63) is 47.3 Å². The van der Waals surface area contributed by atoms with Crippen LogP contribution in [0.4, 0.5) is 0 Å². The van der Waals surface area contributed by atoms with E-state index in [0.29, 0.717) is 17.9 Å². The summed E-state index contributed by atoms with van der Waals surface area (Å²) in [5.74, 6) is 0.997. The molecule has 6 nitrogen and oxygen atoms in total. The van der Waals surface area contributed by atoms with Gasteiger partial charge in [0.2, 0.25) is 0 Å². The molecule has 1 aromatic carbocycles. The van der Waals surface area contributed by atoms with Gasteiger partial charge in [-0.2, -0.15) is 0 Å². The molecule has 112 valence electrons. The van der Waals surface area contributed by atoms with Crippen molar-refractivity contribution in [1.29, 1.82) is 0 Å². The van der Waals surface area contributed by atoms with E-state index in [9.17, 15) is 4.79 Å². The minimum absolute atomic E-state index is 0.237. The van der Waals surface area contributed by atoms with Gasteiger partial charge in [-0.15, -0.1) is 0 Å². The molecular formula is C15H18N2O4. The molecule has 1 atom stereocenters. The van der Waals surface area contributed by atoms with E-state index in [0.717, 1.165) is 11.3 Å². The van der Waals surface area contributed by atoms with Gasteiger partial charge in [0, 0.05) is 13.7 Å². The summed E-state index contributed by atoms with van der Waals surface area (Å²) in [6.45, 7) is 2.03. The fourth-order valence-electron chi connectivity index (χ4n) is 1.98. The number of aromatic nitrogens is 1. The summed E-state index contributed by atoms with van der Waals surface area (Å²) in [4.78, 5) is 12.0. The maximum absolute atomic E-state index is 12.0. The molecule has 0 saturated heterocycles. The van der Waals surface area contributed by atoms with Crippen molar-refractivity contribution in [1.82, 2.24) is 10.5 Å². The van der Waals surface area contributed by atoms with Crippen molar-refractivity contribution in [2.24, 2.45) is 0 Å². The van der Waals surface area contributed by atoms with Crippen LogP contribution in [0.15, 0.2) is 35.0 Å². The van der Waals surface area contributed by atoms with Gasteiger partial charge in [-0.1, -0.05) is 17.3 Å². The number of hydrogen-bond donors (Lipinski definition) is 1. The Kier molecular flexibility index (Phi) is 4.94. The zero-order chi connectivity index (χ0) is 15.2. The van der Waals surface area contributed by atoms with Crippen molar-refractivity contribution in [3.63, 3.8) is 0 Å². The SMILES string of the molecule is COc1cccc([C@@H](CNC(=O)c2cnoc2C)OC)c1. The number of hydrogen-bond acceptors (Lipinski definition) is 5. The van der Waals surface area contributed by atoms with Crippen molar-refractivity contribution >= 4 is 5.91 Å². The molecule has 0 spiro atoms. The van der Waals surface area contributed by atoms with Crippen LogP contribution in [0.2, 0.25) is 0 Å². The van der Waals surface area contributed by atoms with Gasteiger partial charge in [0.25, 0.3) is 5.91 Å². The van der Waals surface area contributed by atoms with Gasteiger partial charge < -0.3 is 19.3 Å². The first-order valence-electron chi connectivity index (χ1n) is 6.52. The molecule has 0 aliphatic rings. The number of methoxy groups -OCH3 is 2. The van der Waals surface area contributed by atoms with E-state index in [2.05, 4.69) is 10.5 Å². The number of nitrogens with zero attached hydrogens (tertiary/aromatic N) is 1. The van der Waals surface area contributed by atoms with E-state index in [1.807, 2.05) is 24.3 Å². The van der Waals surface area contributed by atoms with Gasteiger partial charge in [-0.25, -0.2) is 0 Å². The fraction of sp³-hybridized carbons (Fsp3) is 0.333. The van der Waals surface area contributed by atoms with Gasteiger partial charge in [0.15, 0.2) is 0 Å². The highest BCUT2D eigenvalue weighted by Gasteiger charge is 2.16. The molecule has 1 heterocycles. The maximum Gasteiger partial charge on any atom is 0.256 e. The van der Waals surface area contributed by atoms with Crippen LogP contribution in [0.25, 0.3) is 0 Å². The molecule has 1 aromatic heterocycles. The zero-order valence-corrected chi connectivity index (χ0v) is 12.3. The largest absolute Gasteiger partial charge is 0.497 e. The minimum Gasteiger partial charge on any atom is -0.497 e. The van der Waals surface area contributed by atoms with Gasteiger partial charge in [-0.3, -0.25) is 4.79 Å². The zero-order valence-electron chi connectivity index (χ0n) is 12.3. The number of aryl methyl sites for hydroxylation is 1. The molecule has 2 aromatic rings. The van der Waals surface area contributed by atoms with E-state index in [-0.39, 0.29) is 12.0 Å². The van der Waals surface area contributed by atoms with Crippen molar-refractivity contribution in [2.45, 2.75) is 13.0 Å². The summed E-state index contributed by atoms with van der Waals surface area (Å²) < 4.78 is 15.5. The first-order chi connectivity index (χ1) is 10.2. The predicted molar refractivity (Wildman–Crippen MR) is 76.3 cm³/mol. The van der Waals surface area contributed by atoms with Gasteiger partial charge >= 0.3 is 0 Å². The van der Waals surface area contributed by atoms with Crippen LogP contribution in [-0.2, 0) is 4.74 Å². The summed E-state index contributed by atoms with van der Waals surface area (Å²) in [5, 5.41) is 6.40. The number of carbonyl (C=O) groups is 1. The van der Waals surface area contributed by atoms with Gasteiger partial charge in [0.05, 0.1) is 19.4 Å². The Bertz CT molecular complexity index is 609. The second-order valence-electron chi connectivity index (χ2n) is 4.51. The molecule has 0 radical (unpaired) electrons. The third kappa shape index (κ3) is 3.61. The second-order valence-corrected chi connectivity index (χ2v) is 4.51. The van der Waals surface area contributed by atoms with Crippen LogP contribution < -0.4 is 10.1 Å². The quantitative estimate of drug-likeness (QED) is 0.882. The Morgan fingerprint density at radius 3 is 2.86 bits per heavy atom. The van der Waals surface area contributed by atoms with Crippen LogP contribution in [0.1, 0.15) is 27.8 Å². The summed E-state index contributed by atoms with van der Waals surface area (Å²) >= 11 is 0. The summed E-state index contributed by atoms with van der Waals surface area (Å²) in [7, 11) is 3.21. The van der Waals surface area contributed by atoms with Crippen LogP contribution >= 0.6 is 0 Å². The average molecular weight is 290 g/mol. The van der Waals surface area contributed by atoms with E-state index < -0.39 is 0 Å². The molecule has 0 bridgehead atoms. The molecule has 1 N–H and O–H groups in total. The molecule has 0 fully saturated rings. The number of carbonyl (C=O) groups excluding carboxylic acids is 1. The van der Waals surface area contributed by atoms with Crippen LogP contribution in [0.5, 0.6) is 5.75 Å². The summed E-state index contributed by atoms with van der Waals surface area (Å²) in [6.07, 6.45) is 1.14. The molecule has 21 heavy (non-hydrogen) atoms. The Hall–Kier alpha value is -2.34. The van der Waals surface area contributed by atoms with Gasteiger partial charge in [-0.05, 0) is 24.6 Å². The highest BCUT2D eigenvalue weighted by molar-refractivity contribution is 5.94. The lowest BCUT2D eigenvalue weighted by molar-refractivity contribution is 0.0826. The van der Waals surface area contributed by atoms with Crippen LogP contribution in [0.3, 0.4) is 0 Å². The number of ether oxygens (including phenoxy) is 2. The lowest BCUT2D eigenvalue weighted by Crippen LogP contribution is -2.29. The highest BCUT2D eigenvalue weighted by atomic mass is 16.5. The standard InChI is InChI=1S/C15H18N2O4/c1-10-13(8-17-21-10)15(18)16-9-14(20-3)11-5-4-6-12(7-11)19-2/h4-8,14H,9H2,1-3H3,(H,16,18)/t14-/m1/s1. The topological polar surface area (TPSA) is 73.6 Å². The molecule has 0 aliphatic heterocycles. The molecule has 6 heteroatoms. The highest BCUT2D eigenvalue weighted by Crippen LogP contribution is 2.21. The monoisotopic (exact) mass is 290 g/mol. The Morgan fingerprint density at radius 1 is 1.43 bits per heavy atom. The maximum atomic E-state index is 12.0. The number of rotatable bonds is 6. The van der Waals surface area contributed by atoms with Crippen molar-refractivity contribution in [3.8, 4) is 5.75 Å². The number of nitrogens with one attached hydrogen (secondary N) is 1. The van der Waals surface area contributed by atoms with Crippen LogP contribution in [-0.4, -0.2) is 31.8 Å². The Morgan fingerprint density at radius 2 is 2.24 bits per heavy atom. The smallest absolute Gasteiger partial charge is 0.256 e. The third-order valence-corrected chi connectivity index (χ3v) is 3.19. The number of amides is 1. The van der Waals surface area contributed by atoms with Crippen molar-refractivity contribution in [2.75, 3.05) is 20.8 Å². The van der Waals surface area contributed by atoms with E-state index in [1.54, 1.807) is 21.1 Å². The second kappa shape index (κ2) is 6.90. The molecular weight excluding hydrogens is 272 g/mol. The fourth-order valence-corrected chi connectivity index (χ4v) is 1.98. The van der Waals surface area contributed by atoms with E-state index in [1.165, 1.54) is 6.20 Å². The van der Waals surface area contributed by atoms with E-state index >= 15 is 0 Å². The van der Waals surface area contributed by atoms with E-state index in [4.69, 9.17) is 14.0 Å². The number of benzene rings is 1. The third-order valence-electron chi connectivity index (χ3n) is 3.19. The van der Waals surface area contributed by atoms with Gasteiger partial charge in [0.1, 0.15) is 17.1 Å². The molecule has 0 unspecified atom stereocenters. The Labute approximate surface area is 123 Å². The summed E-state index contributed by atoms with van der Waals surface area (Å²) in [6, 6.07) is 7.54. The average Bonchev–Trinajstić information content (AvgIpc) is 2.94. The first-order valence-corrected chi connectivity index (χ1v) is 6.52. The van der Waals surface area contributed by atoms with Crippen LogP contribution in [0, 0.1) is 6.92 Å². The molecule has 0 aliphatic carbocycles. The van der Waals surface area contributed by atoms with Crippen molar-refractivity contribution < 1.29 is 18.8 Å². The minimum atomic E-state index is -0.260.